The largest absolute Gasteiger partial charge is 0.389 e. The molecule has 1 aromatic heterocycles. The topological polar surface area (TPSA) is 38.9 Å². The number of nitrogens with two attached hydrogens (primary N) is 1. The first-order valence-electron chi connectivity index (χ1n) is 6.74. The third-order valence-corrected chi connectivity index (χ3v) is 3.84. The van der Waals surface area contributed by atoms with Crippen LogP contribution in [0.15, 0.2) is 6.20 Å². The number of unbranched alkanes of at least 4 members (excludes halogenated alkanes) is 6. The number of aromatic nitrogens is 1. The van der Waals surface area contributed by atoms with Crippen molar-refractivity contribution >= 4 is 16.5 Å². The van der Waals surface area contributed by atoms with Gasteiger partial charge < -0.3 is 5.73 Å². The summed E-state index contributed by atoms with van der Waals surface area (Å²) in [7, 11) is 0. The van der Waals surface area contributed by atoms with E-state index in [1.54, 1.807) is 0 Å². The second-order valence-corrected chi connectivity index (χ2v) is 5.90. The first-order chi connectivity index (χ1) is 8.97. The standard InChI is InChI=1S/C13H21F3N2S/c14-13(15,16)9-7-5-3-1-2-4-6-8-11-10-18-12(17)19-11/h10H,1-9H2,(H2,17,18). The lowest BCUT2D eigenvalue weighted by Gasteiger charge is -2.05. The summed E-state index contributed by atoms with van der Waals surface area (Å²) < 4.78 is 35.6. The van der Waals surface area contributed by atoms with Crippen LogP contribution in [0.25, 0.3) is 0 Å². The monoisotopic (exact) mass is 294 g/mol. The summed E-state index contributed by atoms with van der Waals surface area (Å²) in [6, 6.07) is 0. The zero-order valence-corrected chi connectivity index (χ0v) is 11.8. The maximum absolute atomic E-state index is 11.9. The quantitative estimate of drug-likeness (QED) is 0.654. The molecule has 0 aliphatic heterocycles. The van der Waals surface area contributed by atoms with Crippen LogP contribution in [0.2, 0.25) is 0 Å². The van der Waals surface area contributed by atoms with Crippen LogP contribution < -0.4 is 5.73 Å². The summed E-state index contributed by atoms with van der Waals surface area (Å²) in [5.74, 6) is 0. The zero-order chi connectivity index (χ0) is 14.1. The van der Waals surface area contributed by atoms with Crippen LogP contribution in [0.3, 0.4) is 0 Å². The summed E-state index contributed by atoms with van der Waals surface area (Å²) in [4.78, 5) is 5.20. The second kappa shape index (κ2) is 8.40. The lowest BCUT2D eigenvalue weighted by molar-refractivity contribution is -0.135. The predicted octanol–water partition coefficient (Wildman–Crippen LogP) is 4.95. The Morgan fingerprint density at radius 2 is 1.58 bits per heavy atom. The molecule has 1 rings (SSSR count). The van der Waals surface area contributed by atoms with E-state index in [4.69, 9.17) is 5.73 Å². The van der Waals surface area contributed by atoms with Crippen LogP contribution in [0.1, 0.15) is 56.2 Å². The summed E-state index contributed by atoms with van der Waals surface area (Å²) in [5.41, 5.74) is 5.53. The highest BCUT2D eigenvalue weighted by Crippen LogP contribution is 2.23. The van der Waals surface area contributed by atoms with Gasteiger partial charge in [0.25, 0.3) is 0 Å². The van der Waals surface area contributed by atoms with E-state index >= 15 is 0 Å². The fourth-order valence-electron chi connectivity index (χ4n) is 1.95. The molecule has 1 aromatic rings. The molecule has 0 aliphatic rings. The van der Waals surface area contributed by atoms with Crippen LogP contribution in [0.5, 0.6) is 0 Å². The summed E-state index contributed by atoms with van der Waals surface area (Å²) in [6.45, 7) is 0. The smallest absolute Gasteiger partial charge is 0.375 e. The Balaban J connectivity index is 1.86. The Labute approximate surface area is 116 Å². The van der Waals surface area contributed by atoms with Gasteiger partial charge in [-0.25, -0.2) is 4.98 Å². The maximum atomic E-state index is 11.9. The van der Waals surface area contributed by atoms with Gasteiger partial charge in [-0.15, -0.1) is 11.3 Å². The van der Waals surface area contributed by atoms with Crippen molar-refractivity contribution in [2.75, 3.05) is 5.73 Å². The van der Waals surface area contributed by atoms with E-state index in [-0.39, 0.29) is 6.42 Å². The van der Waals surface area contributed by atoms with E-state index in [1.807, 2.05) is 6.20 Å². The van der Waals surface area contributed by atoms with Crippen molar-refractivity contribution in [3.05, 3.63) is 11.1 Å². The van der Waals surface area contributed by atoms with Crippen molar-refractivity contribution in [2.24, 2.45) is 0 Å². The lowest BCUT2D eigenvalue weighted by Crippen LogP contribution is -2.06. The molecule has 1 heterocycles. The molecule has 2 nitrogen and oxygen atoms in total. The van der Waals surface area contributed by atoms with E-state index in [0.717, 1.165) is 38.5 Å². The molecule has 0 fully saturated rings. The second-order valence-electron chi connectivity index (χ2n) is 4.75. The van der Waals surface area contributed by atoms with Crippen LogP contribution in [-0.4, -0.2) is 11.2 Å². The lowest BCUT2D eigenvalue weighted by atomic mass is 10.1. The van der Waals surface area contributed by atoms with Crippen LogP contribution >= 0.6 is 11.3 Å². The third-order valence-electron chi connectivity index (χ3n) is 2.95. The summed E-state index contributed by atoms with van der Waals surface area (Å²) in [6.07, 6.45) is 4.40. The number of thiazole rings is 1. The molecule has 2 N–H and O–H groups in total. The van der Waals surface area contributed by atoms with Crippen LogP contribution in [-0.2, 0) is 6.42 Å². The minimum absolute atomic E-state index is 0.268. The van der Waals surface area contributed by atoms with Crippen molar-refractivity contribution in [1.29, 1.82) is 0 Å². The van der Waals surface area contributed by atoms with Gasteiger partial charge in [-0.2, -0.15) is 13.2 Å². The number of anilines is 1. The fourth-order valence-corrected chi connectivity index (χ4v) is 2.67. The number of nitrogens with zero attached hydrogens (tertiary/aromatic N) is 1. The van der Waals surface area contributed by atoms with Gasteiger partial charge in [0.1, 0.15) is 0 Å². The number of aryl methyl sites for hydroxylation is 1. The van der Waals surface area contributed by atoms with Crippen molar-refractivity contribution in [3.63, 3.8) is 0 Å². The van der Waals surface area contributed by atoms with E-state index in [0.29, 0.717) is 11.6 Å². The molecule has 0 saturated heterocycles. The normalized spacial score (nSPS) is 11.9. The molecule has 0 atom stereocenters. The van der Waals surface area contributed by atoms with Gasteiger partial charge in [-0.1, -0.05) is 32.1 Å². The molecule has 0 aliphatic carbocycles. The highest BCUT2D eigenvalue weighted by molar-refractivity contribution is 7.15. The van der Waals surface area contributed by atoms with Gasteiger partial charge in [0.05, 0.1) is 0 Å². The van der Waals surface area contributed by atoms with Crippen molar-refractivity contribution in [3.8, 4) is 0 Å². The number of alkyl halides is 3. The number of rotatable bonds is 9. The highest BCUT2D eigenvalue weighted by Gasteiger charge is 2.25. The molecule has 6 heteroatoms. The van der Waals surface area contributed by atoms with Crippen molar-refractivity contribution < 1.29 is 13.2 Å². The summed E-state index contributed by atoms with van der Waals surface area (Å²) >= 11 is 1.53. The Morgan fingerprint density at radius 1 is 1.00 bits per heavy atom. The SMILES string of the molecule is Nc1ncc(CCCCCCCCCC(F)(F)F)s1. The van der Waals surface area contributed by atoms with Crippen molar-refractivity contribution in [1.82, 2.24) is 4.98 Å². The van der Waals surface area contributed by atoms with E-state index in [2.05, 4.69) is 4.98 Å². The number of halogens is 3. The minimum atomic E-state index is -3.99. The fraction of sp³-hybridized carbons (Fsp3) is 0.769. The first-order valence-corrected chi connectivity index (χ1v) is 7.56. The third kappa shape index (κ3) is 8.86. The van der Waals surface area contributed by atoms with Gasteiger partial charge in [-0.05, 0) is 19.3 Å². The molecule has 19 heavy (non-hydrogen) atoms. The minimum Gasteiger partial charge on any atom is -0.375 e. The average molecular weight is 294 g/mol. The van der Waals surface area contributed by atoms with Gasteiger partial charge in [0, 0.05) is 17.5 Å². The Morgan fingerprint density at radius 3 is 2.11 bits per heavy atom. The van der Waals surface area contributed by atoms with Crippen molar-refractivity contribution in [2.45, 2.75) is 64.0 Å². The molecule has 0 radical (unpaired) electrons. The van der Waals surface area contributed by atoms with Crippen LogP contribution in [0, 0.1) is 0 Å². The Bertz CT molecular complexity index is 350. The number of hydrogen-bond acceptors (Lipinski definition) is 3. The number of nitrogen functional groups attached to an aromatic ring is 1. The van der Waals surface area contributed by atoms with E-state index in [1.165, 1.54) is 16.2 Å². The molecule has 0 amide bonds. The molecular formula is C13H21F3N2S. The maximum Gasteiger partial charge on any atom is 0.389 e. The molecule has 0 saturated carbocycles. The average Bonchev–Trinajstić information content (AvgIpc) is 2.71. The van der Waals surface area contributed by atoms with Gasteiger partial charge in [-0.3, -0.25) is 0 Å². The van der Waals surface area contributed by atoms with Gasteiger partial charge in [0.15, 0.2) is 5.13 Å². The Hall–Kier alpha value is -0.780. The first kappa shape index (κ1) is 16.3. The molecule has 0 aromatic carbocycles. The molecule has 110 valence electrons. The number of hydrogen-bond donors (Lipinski definition) is 1. The van der Waals surface area contributed by atoms with Crippen LogP contribution in [0.4, 0.5) is 18.3 Å². The van der Waals surface area contributed by atoms with Gasteiger partial charge in [0.2, 0.25) is 0 Å². The van der Waals surface area contributed by atoms with Gasteiger partial charge >= 0.3 is 6.18 Å². The molecule has 0 unspecified atom stereocenters. The molecule has 0 bridgehead atoms. The van der Waals surface area contributed by atoms with E-state index < -0.39 is 12.6 Å². The van der Waals surface area contributed by atoms with E-state index in [9.17, 15) is 13.2 Å². The predicted molar refractivity (Wildman–Crippen MR) is 73.2 cm³/mol. The molecular weight excluding hydrogens is 273 g/mol. The highest BCUT2D eigenvalue weighted by atomic mass is 32.1. The Kier molecular flexibility index (Phi) is 7.20. The summed E-state index contributed by atoms with van der Waals surface area (Å²) in [5, 5.41) is 0.611. The molecule has 0 spiro atoms. The zero-order valence-electron chi connectivity index (χ0n) is 11.0.